The Morgan fingerprint density at radius 2 is 0.714 bits per heavy atom. The van der Waals surface area contributed by atoms with Crippen LogP contribution in [0.1, 0.15) is 81.2 Å². The SMILES string of the molecule is CC(C)c1cc(N(C2=CCCc3c2oc2ccccc32)c2ccc(-c3ccc([Si](c4ccccc4)(c4ccccc4)c4ccccc4)cc3)cc2)c2ccc3c(C(C)C)cc(N(c4ccc(-c5ccc([Si](C6=CC=CCC6)(c6ccccc6)c6ccccc6)cc5)cc4)c4cccc5c4oc4ccccc45)c4ccc1c2c34. The summed E-state index contributed by atoms with van der Waals surface area (Å²) < 4.78 is 14.3. The first-order valence-corrected chi connectivity index (χ1v) is 43.8. The maximum atomic E-state index is 7.15. The highest BCUT2D eigenvalue weighted by molar-refractivity contribution is 7.20. The summed E-state index contributed by atoms with van der Waals surface area (Å²) in [5.41, 5.74) is 17.5. The monoisotopic (exact) mass is 1470 g/mol. The van der Waals surface area contributed by atoms with Gasteiger partial charge in [-0.3, -0.25) is 0 Å². The van der Waals surface area contributed by atoms with E-state index in [-0.39, 0.29) is 11.8 Å². The van der Waals surface area contributed by atoms with Crippen molar-refractivity contribution in [2.45, 2.75) is 65.2 Å². The number of para-hydroxylation sites is 3. The number of hydrogen-bond donors (Lipinski definition) is 0. The molecule has 538 valence electrons. The van der Waals surface area contributed by atoms with Crippen LogP contribution in [0.3, 0.4) is 0 Å². The zero-order chi connectivity index (χ0) is 75.0. The van der Waals surface area contributed by atoms with Gasteiger partial charge >= 0.3 is 0 Å². The quantitative estimate of drug-likeness (QED) is 0.0487. The zero-order valence-corrected chi connectivity index (χ0v) is 65.5. The van der Waals surface area contributed by atoms with Crippen LogP contribution in [0.4, 0.5) is 28.4 Å². The molecule has 0 saturated carbocycles. The van der Waals surface area contributed by atoms with Gasteiger partial charge in [-0.2, -0.15) is 0 Å². The number of allylic oxidation sites excluding steroid dienone is 5. The predicted molar refractivity (Wildman–Crippen MR) is 480 cm³/mol. The normalized spacial score (nSPS) is 13.3. The molecule has 0 radical (unpaired) electrons. The van der Waals surface area contributed by atoms with E-state index in [2.05, 4.69) is 414 Å². The molecule has 0 N–H and O–H groups in total. The van der Waals surface area contributed by atoms with Crippen LogP contribution in [0.15, 0.2) is 390 Å². The number of nitrogens with zero attached hydrogens (tertiary/aromatic N) is 2. The number of furan rings is 2. The maximum absolute atomic E-state index is 7.15. The fraction of sp³-hybridized carbons (Fsp3) is 0.0943. The van der Waals surface area contributed by atoms with Crippen molar-refractivity contribution in [3.05, 3.63) is 404 Å². The smallest absolute Gasteiger partial charge is 0.179 e. The van der Waals surface area contributed by atoms with Crippen molar-refractivity contribution >= 4 is 152 Å². The Morgan fingerprint density at radius 3 is 1.20 bits per heavy atom. The molecular weight excluding hydrogens is 1390 g/mol. The van der Waals surface area contributed by atoms with Gasteiger partial charge in [-0.1, -0.05) is 354 Å². The van der Waals surface area contributed by atoms with Crippen LogP contribution in [0.25, 0.3) is 93.2 Å². The molecule has 2 aromatic heterocycles. The summed E-state index contributed by atoms with van der Waals surface area (Å²) in [7, 11) is -5.39. The summed E-state index contributed by atoms with van der Waals surface area (Å²) >= 11 is 0. The van der Waals surface area contributed by atoms with E-state index in [4.69, 9.17) is 8.83 Å². The fourth-order valence-electron chi connectivity index (χ4n) is 19.1. The molecule has 2 aliphatic rings. The minimum atomic E-state index is -2.74. The minimum absolute atomic E-state index is 0.171. The van der Waals surface area contributed by atoms with Crippen LogP contribution in [0.2, 0.25) is 0 Å². The van der Waals surface area contributed by atoms with Crippen molar-refractivity contribution in [3.8, 4) is 22.3 Å². The fourth-order valence-corrected chi connectivity index (χ4v) is 28.9. The summed E-state index contributed by atoms with van der Waals surface area (Å²) in [6, 6.07) is 132. The number of fused-ring (bicyclic) bond motifs is 6. The minimum Gasteiger partial charge on any atom is -0.454 e. The largest absolute Gasteiger partial charge is 0.454 e. The Balaban J connectivity index is 0.754. The Morgan fingerprint density at radius 1 is 0.312 bits per heavy atom. The molecule has 0 spiro atoms. The number of hydrogen-bond acceptors (Lipinski definition) is 4. The molecule has 18 aromatic rings. The maximum Gasteiger partial charge on any atom is 0.179 e. The third-order valence-electron chi connectivity index (χ3n) is 24.3. The van der Waals surface area contributed by atoms with Gasteiger partial charge in [0.25, 0.3) is 0 Å². The molecule has 2 aliphatic carbocycles. The predicted octanol–water partition coefficient (Wildman–Crippen LogP) is 24.1. The van der Waals surface area contributed by atoms with E-state index in [1.54, 1.807) is 0 Å². The molecule has 2 heterocycles. The Bertz CT molecular complexity index is 6510. The summed E-state index contributed by atoms with van der Waals surface area (Å²) in [4.78, 5) is 5.03. The highest BCUT2D eigenvalue weighted by Crippen LogP contribution is 2.53. The van der Waals surface area contributed by atoms with E-state index in [1.165, 1.54) is 107 Å². The molecule has 112 heavy (non-hydrogen) atoms. The van der Waals surface area contributed by atoms with Crippen molar-refractivity contribution in [1.29, 1.82) is 0 Å². The van der Waals surface area contributed by atoms with E-state index in [0.717, 1.165) is 104 Å². The van der Waals surface area contributed by atoms with Crippen molar-refractivity contribution in [3.63, 3.8) is 0 Å². The average molecular weight is 1470 g/mol. The molecule has 0 saturated heterocycles. The van der Waals surface area contributed by atoms with Gasteiger partial charge in [0.05, 0.1) is 22.8 Å². The van der Waals surface area contributed by atoms with Crippen molar-refractivity contribution in [1.82, 2.24) is 0 Å². The van der Waals surface area contributed by atoms with Crippen molar-refractivity contribution in [2.24, 2.45) is 0 Å². The van der Waals surface area contributed by atoms with Crippen LogP contribution in [-0.2, 0) is 6.42 Å². The van der Waals surface area contributed by atoms with Gasteiger partial charge in [0.15, 0.2) is 27.5 Å². The molecule has 0 atom stereocenters. The first kappa shape index (κ1) is 68.4. The molecule has 20 rings (SSSR count). The van der Waals surface area contributed by atoms with Gasteiger partial charge in [-0.25, -0.2) is 0 Å². The molecule has 0 unspecified atom stereocenters. The highest BCUT2D eigenvalue weighted by atomic mass is 28.3. The van der Waals surface area contributed by atoms with Gasteiger partial charge in [-0.15, -0.1) is 0 Å². The second kappa shape index (κ2) is 28.2. The first-order valence-electron chi connectivity index (χ1n) is 39.8. The Labute approximate surface area is 657 Å². The zero-order valence-electron chi connectivity index (χ0n) is 63.5. The lowest BCUT2D eigenvalue weighted by atomic mass is 9.84. The molecule has 0 fully saturated rings. The standard InChI is InChI=1S/C106H84N2O2Si2/c1-71(2)95-69-99(107(97-45-27-43-91-87-41-23-25-47-101(87)109-105(91)97)77-57-49-73(50-58-77)75-53-61-85(62-54-75)111(79-29-11-5-12-30-79,80-31-13-6-14-32-80)81-33-15-7-16-34-81)93-68-66-90-96(72(3)4)70-100(94-67-65-89(95)103(93)104(90)94)108(98-46-28-44-92-88-42-24-26-48-102(88)110-106(92)98)78-59-51-74(52-60-78)76-55-63-86(64-56-76)112(82-35-17-8-18-36-82,83-37-19-9-20-38-83)84-39-21-10-22-40-84/h5-21,23-26,28-39,41-42,44-72H,22,27,40,43H2,1-4H3. The van der Waals surface area contributed by atoms with Crippen molar-refractivity contribution < 1.29 is 8.83 Å². The summed E-state index contributed by atoms with van der Waals surface area (Å²) in [6.07, 6.45) is 13.3. The molecule has 0 amide bonds. The summed E-state index contributed by atoms with van der Waals surface area (Å²) in [6.45, 7) is 9.44. The molecule has 0 bridgehead atoms. The molecule has 4 nitrogen and oxygen atoms in total. The number of rotatable bonds is 18. The van der Waals surface area contributed by atoms with Crippen LogP contribution in [0, 0.1) is 0 Å². The number of aryl methyl sites for hydroxylation is 1. The van der Waals surface area contributed by atoms with Gasteiger partial charge < -0.3 is 18.6 Å². The molecule has 0 aliphatic heterocycles. The average Bonchev–Trinajstić information content (AvgIpc) is 0.801. The van der Waals surface area contributed by atoms with Gasteiger partial charge in [-0.05, 0) is 183 Å². The first-order chi connectivity index (χ1) is 55.2. The van der Waals surface area contributed by atoms with Crippen LogP contribution in [-0.4, -0.2) is 16.1 Å². The number of benzene rings is 16. The highest BCUT2D eigenvalue weighted by Gasteiger charge is 2.44. The van der Waals surface area contributed by atoms with E-state index >= 15 is 0 Å². The lowest BCUT2D eigenvalue weighted by Crippen LogP contribution is -2.74. The third-order valence-corrected chi connectivity index (χ3v) is 34.0. The molecule has 16 aromatic carbocycles. The van der Waals surface area contributed by atoms with Crippen LogP contribution in [0.5, 0.6) is 0 Å². The van der Waals surface area contributed by atoms with Crippen LogP contribution < -0.4 is 46.1 Å². The molecule has 6 heteroatoms. The third kappa shape index (κ3) is 11.2. The Hall–Kier alpha value is -12.8. The molecular formula is C106H84N2O2Si2. The summed E-state index contributed by atoms with van der Waals surface area (Å²) in [5, 5.41) is 21.9. The van der Waals surface area contributed by atoms with Gasteiger partial charge in [0.2, 0.25) is 0 Å². The van der Waals surface area contributed by atoms with E-state index < -0.39 is 16.1 Å². The number of anilines is 5. The van der Waals surface area contributed by atoms with Gasteiger partial charge in [0.1, 0.15) is 11.2 Å². The lowest BCUT2D eigenvalue weighted by Gasteiger charge is -2.37. The van der Waals surface area contributed by atoms with E-state index in [1.807, 2.05) is 0 Å². The Kier molecular flexibility index (Phi) is 17.2. The van der Waals surface area contributed by atoms with E-state index in [9.17, 15) is 0 Å². The van der Waals surface area contributed by atoms with Gasteiger partial charge in [0, 0.05) is 43.9 Å². The topological polar surface area (TPSA) is 32.8 Å². The summed E-state index contributed by atoms with van der Waals surface area (Å²) in [5.74, 6) is 1.27. The lowest BCUT2D eigenvalue weighted by molar-refractivity contribution is 0.588. The second-order valence-electron chi connectivity index (χ2n) is 31.0. The van der Waals surface area contributed by atoms with Crippen molar-refractivity contribution in [2.75, 3.05) is 9.80 Å². The van der Waals surface area contributed by atoms with E-state index in [0.29, 0.717) is 0 Å². The second-order valence-corrected chi connectivity index (χ2v) is 38.7. The van der Waals surface area contributed by atoms with Crippen LogP contribution >= 0.6 is 0 Å².